The number of nitrogens with one attached hydrogen (secondary N) is 1. The minimum Gasteiger partial charge on any atom is -0.493 e. The summed E-state index contributed by atoms with van der Waals surface area (Å²) in [5.41, 5.74) is 1.66. The highest BCUT2D eigenvalue weighted by atomic mass is 16.5. The van der Waals surface area contributed by atoms with Gasteiger partial charge in [0.2, 0.25) is 5.91 Å². The van der Waals surface area contributed by atoms with Gasteiger partial charge in [0.1, 0.15) is 5.75 Å². The van der Waals surface area contributed by atoms with Crippen molar-refractivity contribution < 1.29 is 19.4 Å². The monoisotopic (exact) mass is 327 g/mol. The van der Waals surface area contributed by atoms with Crippen molar-refractivity contribution in [1.29, 1.82) is 0 Å². The Balaban J connectivity index is 1.34. The Hall–Kier alpha value is -2.04. The van der Waals surface area contributed by atoms with Crippen LogP contribution in [0.15, 0.2) is 18.2 Å². The zero-order valence-electron chi connectivity index (χ0n) is 13.4. The van der Waals surface area contributed by atoms with Gasteiger partial charge in [0.05, 0.1) is 6.61 Å². The summed E-state index contributed by atoms with van der Waals surface area (Å²) < 4.78 is 5.47. The smallest absolute Gasteiger partial charge is 0.330 e. The average Bonchev–Trinajstić information content (AvgIpc) is 2.94. The van der Waals surface area contributed by atoms with Crippen LogP contribution >= 0.6 is 0 Å². The van der Waals surface area contributed by atoms with E-state index in [4.69, 9.17) is 4.74 Å². The van der Waals surface area contributed by atoms with Crippen molar-refractivity contribution in [2.75, 3.05) is 6.61 Å². The molecule has 3 fully saturated rings. The van der Waals surface area contributed by atoms with Gasteiger partial charge in [-0.3, -0.25) is 4.79 Å². The Kier molecular flexibility index (Phi) is 2.97. The van der Waals surface area contributed by atoms with Crippen LogP contribution in [-0.4, -0.2) is 23.6 Å². The van der Waals surface area contributed by atoms with Crippen LogP contribution in [0, 0.1) is 29.6 Å². The van der Waals surface area contributed by atoms with Crippen molar-refractivity contribution in [3.05, 3.63) is 29.3 Å². The lowest BCUT2D eigenvalue weighted by Crippen LogP contribution is -2.36. The van der Waals surface area contributed by atoms with E-state index in [1.54, 1.807) is 6.07 Å². The van der Waals surface area contributed by atoms with Crippen LogP contribution in [0.3, 0.4) is 0 Å². The van der Waals surface area contributed by atoms with Gasteiger partial charge in [-0.05, 0) is 66.2 Å². The molecular weight excluding hydrogens is 306 g/mol. The van der Waals surface area contributed by atoms with Crippen LogP contribution < -0.4 is 10.1 Å². The summed E-state index contributed by atoms with van der Waals surface area (Å²) >= 11 is 0. The molecule has 5 heteroatoms. The molecule has 0 saturated heterocycles. The van der Waals surface area contributed by atoms with Crippen molar-refractivity contribution in [2.45, 2.75) is 31.7 Å². The molecule has 126 valence electrons. The van der Waals surface area contributed by atoms with Gasteiger partial charge >= 0.3 is 5.97 Å². The zero-order valence-corrected chi connectivity index (χ0v) is 13.4. The molecule has 1 amide bonds. The van der Waals surface area contributed by atoms with Crippen molar-refractivity contribution in [3.8, 4) is 5.75 Å². The second-order valence-electron chi connectivity index (χ2n) is 7.76. The molecule has 0 radical (unpaired) electrons. The molecule has 2 N–H and O–H groups in total. The highest BCUT2D eigenvalue weighted by molar-refractivity contribution is 5.88. The minimum atomic E-state index is -1.00. The highest BCUT2D eigenvalue weighted by Gasteiger charge is 2.67. The number of carbonyl (C=O) groups is 2. The van der Waals surface area contributed by atoms with Gasteiger partial charge < -0.3 is 15.2 Å². The number of carbonyl (C=O) groups excluding carboxylic acids is 1. The van der Waals surface area contributed by atoms with Crippen LogP contribution in [0.2, 0.25) is 0 Å². The lowest BCUT2D eigenvalue weighted by atomic mass is 10.00. The van der Waals surface area contributed by atoms with Crippen molar-refractivity contribution in [2.24, 2.45) is 29.6 Å². The van der Waals surface area contributed by atoms with Crippen LogP contribution in [0.1, 0.15) is 36.4 Å². The maximum absolute atomic E-state index is 12.7. The summed E-state index contributed by atoms with van der Waals surface area (Å²) in [7, 11) is 0. The molecule has 5 nitrogen and oxygen atoms in total. The van der Waals surface area contributed by atoms with Crippen molar-refractivity contribution in [3.63, 3.8) is 0 Å². The van der Waals surface area contributed by atoms with Gasteiger partial charge in [0.25, 0.3) is 0 Å². The third-order valence-electron chi connectivity index (χ3n) is 6.62. The molecule has 1 aromatic carbocycles. The minimum absolute atomic E-state index is 0.0517. The van der Waals surface area contributed by atoms with E-state index in [-0.39, 0.29) is 11.8 Å². The van der Waals surface area contributed by atoms with Gasteiger partial charge in [-0.25, -0.2) is 4.79 Å². The molecule has 0 aromatic heterocycles. The molecule has 1 aliphatic heterocycles. The van der Waals surface area contributed by atoms with E-state index in [9.17, 15) is 14.7 Å². The lowest BCUT2D eigenvalue weighted by Gasteiger charge is -2.17. The van der Waals surface area contributed by atoms with Crippen molar-refractivity contribution in [1.82, 2.24) is 5.32 Å². The number of ether oxygens (including phenoxy) is 1. The van der Waals surface area contributed by atoms with Crippen LogP contribution in [0.5, 0.6) is 5.75 Å². The summed E-state index contributed by atoms with van der Waals surface area (Å²) in [5, 5.41) is 12.4. The number of carboxylic acids is 1. The predicted octanol–water partition coefficient (Wildman–Crippen LogP) is 2.16. The molecule has 5 unspecified atom stereocenters. The number of aliphatic carboxylic acids is 1. The first-order valence-electron chi connectivity index (χ1n) is 8.92. The second kappa shape index (κ2) is 4.98. The van der Waals surface area contributed by atoms with Gasteiger partial charge in [0, 0.05) is 12.3 Å². The summed E-state index contributed by atoms with van der Waals surface area (Å²) in [6.45, 7) is 0.636. The van der Waals surface area contributed by atoms with Crippen LogP contribution in [0.25, 0.3) is 0 Å². The van der Waals surface area contributed by atoms with E-state index in [0.717, 1.165) is 17.7 Å². The molecule has 0 spiro atoms. The fourth-order valence-corrected chi connectivity index (χ4v) is 5.59. The first-order valence-corrected chi connectivity index (χ1v) is 8.92. The largest absolute Gasteiger partial charge is 0.493 e. The molecule has 5 atom stereocenters. The number of amides is 1. The standard InChI is InChI=1S/C19H21NO4/c21-18(16-14-10-1-2-11(8-10)15(14)16)20-17(19(22)23)12-3-4-13-9(7-12)5-6-24-13/h3-4,7,10-11,14-17H,1-2,5-6,8H2,(H,20,21)(H,22,23). The summed E-state index contributed by atoms with van der Waals surface area (Å²) in [6.07, 6.45) is 4.58. The lowest BCUT2D eigenvalue weighted by molar-refractivity contribution is -0.142. The molecule has 3 aliphatic carbocycles. The predicted molar refractivity (Wildman–Crippen MR) is 85.5 cm³/mol. The van der Waals surface area contributed by atoms with Crippen LogP contribution in [-0.2, 0) is 16.0 Å². The third kappa shape index (κ3) is 2.00. The van der Waals surface area contributed by atoms with Crippen LogP contribution in [0.4, 0.5) is 0 Å². The Morgan fingerprint density at radius 1 is 1.21 bits per heavy atom. The summed E-state index contributed by atoms with van der Waals surface area (Å²) in [6, 6.07) is 4.45. The molecule has 1 heterocycles. The SMILES string of the molecule is O=C(O)C(NC(=O)C1C2C3CCC(C3)C12)c1ccc2c(c1)CCO2. The van der Waals surface area contributed by atoms with Gasteiger partial charge in [-0.2, -0.15) is 0 Å². The first kappa shape index (κ1) is 14.3. The molecule has 1 aromatic rings. The fraction of sp³-hybridized carbons (Fsp3) is 0.579. The summed E-state index contributed by atoms with van der Waals surface area (Å²) in [4.78, 5) is 24.4. The Morgan fingerprint density at radius 3 is 2.67 bits per heavy atom. The van der Waals surface area contributed by atoms with Gasteiger partial charge in [-0.1, -0.05) is 6.07 Å². The van der Waals surface area contributed by atoms with Crippen molar-refractivity contribution >= 4 is 11.9 Å². The van der Waals surface area contributed by atoms with E-state index < -0.39 is 12.0 Å². The van der Waals surface area contributed by atoms with E-state index in [2.05, 4.69) is 5.32 Å². The number of fused-ring (bicyclic) bond motifs is 6. The Bertz CT molecular complexity index is 714. The molecule has 3 saturated carbocycles. The second-order valence-corrected chi connectivity index (χ2v) is 7.76. The normalized spacial score (nSPS) is 35.8. The zero-order chi connectivity index (χ0) is 16.4. The van der Waals surface area contributed by atoms with Gasteiger partial charge in [-0.15, -0.1) is 0 Å². The van der Waals surface area contributed by atoms with E-state index in [1.807, 2.05) is 12.1 Å². The third-order valence-corrected chi connectivity index (χ3v) is 6.62. The Morgan fingerprint density at radius 2 is 1.96 bits per heavy atom. The molecule has 4 aliphatic rings. The molecule has 2 bridgehead atoms. The Labute approximate surface area is 140 Å². The van der Waals surface area contributed by atoms with E-state index >= 15 is 0 Å². The maximum Gasteiger partial charge on any atom is 0.330 e. The quantitative estimate of drug-likeness (QED) is 0.888. The molecular formula is C19H21NO4. The number of benzene rings is 1. The number of hydrogen-bond acceptors (Lipinski definition) is 3. The fourth-order valence-electron chi connectivity index (χ4n) is 5.59. The van der Waals surface area contributed by atoms with Gasteiger partial charge in [0.15, 0.2) is 6.04 Å². The van der Waals surface area contributed by atoms with E-state index in [1.165, 1.54) is 19.3 Å². The topological polar surface area (TPSA) is 75.6 Å². The van der Waals surface area contributed by atoms with E-state index in [0.29, 0.717) is 35.8 Å². The highest BCUT2D eigenvalue weighted by Crippen LogP contribution is 2.69. The number of rotatable bonds is 4. The number of carboxylic acid groups (broad SMARTS) is 1. The summed E-state index contributed by atoms with van der Waals surface area (Å²) in [5.74, 6) is 2.26. The average molecular weight is 327 g/mol. The number of hydrogen-bond donors (Lipinski definition) is 2. The first-order chi connectivity index (χ1) is 11.6. The maximum atomic E-state index is 12.7. The molecule has 5 rings (SSSR count). The molecule has 24 heavy (non-hydrogen) atoms.